The SMILES string of the molecule is Cc1ccc2cc(/C=C/CCNC3CC3)ccc2n1. The summed E-state index contributed by atoms with van der Waals surface area (Å²) in [6, 6.07) is 11.5. The molecule has 0 spiro atoms. The van der Waals surface area contributed by atoms with Crippen LogP contribution in [0.25, 0.3) is 17.0 Å². The molecule has 2 heteroatoms. The Bertz CT molecular complexity index is 597. The molecule has 1 N–H and O–H groups in total. The Kier molecular flexibility index (Phi) is 3.60. The molecule has 1 aliphatic carbocycles. The molecule has 1 fully saturated rings. The lowest BCUT2D eigenvalue weighted by Gasteiger charge is -2.01. The summed E-state index contributed by atoms with van der Waals surface area (Å²) in [5, 5.41) is 4.73. The average Bonchev–Trinajstić information content (AvgIpc) is 3.22. The molecule has 1 heterocycles. The highest BCUT2D eigenvalue weighted by atomic mass is 14.9. The molecule has 0 saturated heterocycles. The number of aryl methyl sites for hydroxylation is 1. The number of hydrogen-bond acceptors (Lipinski definition) is 2. The van der Waals surface area contributed by atoms with Crippen molar-refractivity contribution in [1.29, 1.82) is 0 Å². The number of nitrogens with one attached hydrogen (secondary N) is 1. The Morgan fingerprint density at radius 2 is 2.16 bits per heavy atom. The molecule has 0 atom stereocenters. The number of benzene rings is 1. The third kappa shape index (κ3) is 3.42. The van der Waals surface area contributed by atoms with Gasteiger partial charge in [-0.2, -0.15) is 0 Å². The van der Waals surface area contributed by atoms with E-state index in [1.165, 1.54) is 23.8 Å². The smallest absolute Gasteiger partial charge is 0.0705 e. The number of fused-ring (bicyclic) bond motifs is 1. The van der Waals surface area contributed by atoms with Crippen LogP contribution in [0.3, 0.4) is 0 Å². The van der Waals surface area contributed by atoms with E-state index in [0.29, 0.717) is 0 Å². The second-order valence-electron chi connectivity index (χ2n) is 5.32. The molecular weight excluding hydrogens is 232 g/mol. The van der Waals surface area contributed by atoms with Crippen LogP contribution in [-0.2, 0) is 0 Å². The van der Waals surface area contributed by atoms with Gasteiger partial charge in [0.2, 0.25) is 0 Å². The van der Waals surface area contributed by atoms with Crippen LogP contribution in [0.1, 0.15) is 30.5 Å². The summed E-state index contributed by atoms with van der Waals surface area (Å²) >= 11 is 0. The highest BCUT2D eigenvalue weighted by Gasteiger charge is 2.19. The predicted molar refractivity (Wildman–Crippen MR) is 81.2 cm³/mol. The first-order chi connectivity index (χ1) is 9.31. The first-order valence-corrected chi connectivity index (χ1v) is 7.08. The number of hydrogen-bond donors (Lipinski definition) is 1. The van der Waals surface area contributed by atoms with Crippen LogP contribution in [0.4, 0.5) is 0 Å². The summed E-state index contributed by atoms with van der Waals surface area (Å²) < 4.78 is 0. The molecule has 0 aliphatic heterocycles. The standard InChI is InChI=1S/C17H20N2/c1-13-5-7-15-12-14(6-10-17(15)19-13)4-2-3-11-18-16-8-9-16/h2,4-7,10,12,16,18H,3,8-9,11H2,1H3/b4-2+. The number of rotatable bonds is 5. The molecule has 2 aromatic rings. The van der Waals surface area contributed by atoms with Gasteiger partial charge in [0.1, 0.15) is 0 Å². The number of nitrogens with zero attached hydrogens (tertiary/aromatic N) is 1. The van der Waals surface area contributed by atoms with Gasteiger partial charge in [-0.15, -0.1) is 0 Å². The van der Waals surface area contributed by atoms with Crippen molar-refractivity contribution in [2.24, 2.45) is 0 Å². The molecule has 0 unspecified atom stereocenters. The maximum absolute atomic E-state index is 4.52. The minimum Gasteiger partial charge on any atom is -0.314 e. The van der Waals surface area contributed by atoms with Gasteiger partial charge in [-0.25, -0.2) is 0 Å². The van der Waals surface area contributed by atoms with E-state index in [1.54, 1.807) is 0 Å². The van der Waals surface area contributed by atoms with Gasteiger partial charge in [-0.1, -0.05) is 24.3 Å². The molecule has 1 saturated carbocycles. The Morgan fingerprint density at radius 1 is 1.26 bits per heavy atom. The summed E-state index contributed by atoms with van der Waals surface area (Å²) in [6.07, 6.45) is 8.27. The zero-order chi connectivity index (χ0) is 13.1. The minimum atomic E-state index is 0.809. The maximum atomic E-state index is 4.52. The fourth-order valence-electron chi connectivity index (χ4n) is 2.23. The van der Waals surface area contributed by atoms with Crippen LogP contribution < -0.4 is 5.32 Å². The molecular formula is C17H20N2. The van der Waals surface area contributed by atoms with E-state index in [-0.39, 0.29) is 0 Å². The summed E-state index contributed by atoms with van der Waals surface area (Å²) in [6.45, 7) is 3.12. The van der Waals surface area contributed by atoms with E-state index >= 15 is 0 Å². The second-order valence-corrected chi connectivity index (χ2v) is 5.32. The quantitative estimate of drug-likeness (QED) is 0.821. The van der Waals surface area contributed by atoms with Crippen molar-refractivity contribution >= 4 is 17.0 Å². The monoisotopic (exact) mass is 252 g/mol. The molecule has 0 bridgehead atoms. The van der Waals surface area contributed by atoms with Gasteiger partial charge in [0.25, 0.3) is 0 Å². The van der Waals surface area contributed by atoms with E-state index in [2.05, 4.69) is 52.8 Å². The molecule has 2 nitrogen and oxygen atoms in total. The highest BCUT2D eigenvalue weighted by molar-refractivity contribution is 5.81. The highest BCUT2D eigenvalue weighted by Crippen LogP contribution is 2.18. The van der Waals surface area contributed by atoms with Gasteiger partial charge in [0.05, 0.1) is 5.52 Å². The van der Waals surface area contributed by atoms with Gasteiger partial charge in [-0.3, -0.25) is 4.98 Å². The Hall–Kier alpha value is -1.67. The molecule has 1 aromatic carbocycles. The first kappa shape index (κ1) is 12.4. The van der Waals surface area contributed by atoms with Crippen LogP contribution >= 0.6 is 0 Å². The molecule has 1 aromatic heterocycles. The molecule has 3 rings (SSSR count). The third-order valence-corrected chi connectivity index (χ3v) is 3.48. The number of pyridine rings is 1. The zero-order valence-electron chi connectivity index (χ0n) is 11.4. The Balaban J connectivity index is 1.63. The normalized spacial score (nSPS) is 15.4. The maximum Gasteiger partial charge on any atom is 0.0705 e. The van der Waals surface area contributed by atoms with Crippen LogP contribution in [0.15, 0.2) is 36.4 Å². The van der Waals surface area contributed by atoms with Crippen molar-refractivity contribution < 1.29 is 0 Å². The van der Waals surface area contributed by atoms with Crippen molar-refractivity contribution in [2.75, 3.05) is 6.54 Å². The van der Waals surface area contributed by atoms with E-state index in [4.69, 9.17) is 0 Å². The summed E-state index contributed by atoms with van der Waals surface area (Å²) in [5.41, 5.74) is 3.40. The Morgan fingerprint density at radius 3 is 3.00 bits per heavy atom. The average molecular weight is 252 g/mol. The summed E-state index contributed by atoms with van der Waals surface area (Å²) in [5.74, 6) is 0. The fourth-order valence-corrected chi connectivity index (χ4v) is 2.23. The van der Waals surface area contributed by atoms with Crippen molar-refractivity contribution in [3.05, 3.63) is 47.7 Å². The molecule has 0 amide bonds. The van der Waals surface area contributed by atoms with Gasteiger partial charge < -0.3 is 5.32 Å². The first-order valence-electron chi connectivity index (χ1n) is 7.08. The Labute approximate surface area is 114 Å². The van der Waals surface area contributed by atoms with E-state index in [0.717, 1.165) is 30.2 Å². The van der Waals surface area contributed by atoms with Crippen molar-refractivity contribution in [3.8, 4) is 0 Å². The van der Waals surface area contributed by atoms with Crippen molar-refractivity contribution in [1.82, 2.24) is 10.3 Å². The molecule has 19 heavy (non-hydrogen) atoms. The molecule has 0 radical (unpaired) electrons. The largest absolute Gasteiger partial charge is 0.314 e. The van der Waals surface area contributed by atoms with E-state index < -0.39 is 0 Å². The van der Waals surface area contributed by atoms with E-state index in [9.17, 15) is 0 Å². The summed E-state index contributed by atoms with van der Waals surface area (Å²) in [7, 11) is 0. The third-order valence-electron chi connectivity index (χ3n) is 3.48. The van der Waals surface area contributed by atoms with Gasteiger partial charge in [0.15, 0.2) is 0 Å². The topological polar surface area (TPSA) is 24.9 Å². The second kappa shape index (κ2) is 5.54. The lowest BCUT2D eigenvalue weighted by Crippen LogP contribution is -2.16. The van der Waals surface area contributed by atoms with Gasteiger partial charge >= 0.3 is 0 Å². The van der Waals surface area contributed by atoms with Crippen LogP contribution in [-0.4, -0.2) is 17.6 Å². The molecule has 98 valence electrons. The number of aromatic nitrogens is 1. The van der Waals surface area contributed by atoms with Gasteiger partial charge in [-0.05, 0) is 56.5 Å². The van der Waals surface area contributed by atoms with Crippen molar-refractivity contribution in [3.63, 3.8) is 0 Å². The summed E-state index contributed by atoms with van der Waals surface area (Å²) in [4.78, 5) is 4.52. The van der Waals surface area contributed by atoms with Gasteiger partial charge in [0, 0.05) is 17.1 Å². The minimum absolute atomic E-state index is 0.809. The lowest BCUT2D eigenvalue weighted by atomic mass is 10.1. The lowest BCUT2D eigenvalue weighted by molar-refractivity contribution is 0.691. The van der Waals surface area contributed by atoms with Crippen LogP contribution in [0, 0.1) is 6.92 Å². The van der Waals surface area contributed by atoms with Crippen LogP contribution in [0.5, 0.6) is 0 Å². The zero-order valence-corrected chi connectivity index (χ0v) is 11.4. The van der Waals surface area contributed by atoms with Crippen LogP contribution in [0.2, 0.25) is 0 Å². The van der Waals surface area contributed by atoms with Crippen molar-refractivity contribution in [2.45, 2.75) is 32.2 Å². The van der Waals surface area contributed by atoms with E-state index in [1.807, 2.05) is 6.92 Å². The fraction of sp³-hybridized carbons (Fsp3) is 0.353. The predicted octanol–water partition coefficient (Wildman–Crippen LogP) is 3.70. The molecule has 1 aliphatic rings.